The number of ether oxygens (including phenoxy) is 1. The predicted octanol–water partition coefficient (Wildman–Crippen LogP) is 6.87. The second kappa shape index (κ2) is 13.7. The number of carbonyl (C=O) groups excluding carboxylic acids is 2. The first-order valence-corrected chi connectivity index (χ1v) is 14.1. The minimum atomic E-state index is -0.452. The van der Waals surface area contributed by atoms with Crippen molar-refractivity contribution in [3.05, 3.63) is 120 Å². The minimum absolute atomic E-state index is 0.254. The Morgan fingerprint density at radius 1 is 0.857 bits per heavy atom. The Morgan fingerprint density at radius 3 is 2.31 bits per heavy atom. The van der Waals surface area contributed by atoms with Gasteiger partial charge >= 0.3 is 6.03 Å². The number of hydrogen-bond donors (Lipinski definition) is 3. The highest BCUT2D eigenvalue weighted by molar-refractivity contribution is 6.04. The van der Waals surface area contributed by atoms with Gasteiger partial charge in [0.2, 0.25) is 0 Å². The zero-order valence-electron chi connectivity index (χ0n) is 23.6. The van der Waals surface area contributed by atoms with Crippen molar-refractivity contribution >= 4 is 29.0 Å². The molecule has 8 heteroatoms. The molecule has 0 radical (unpaired) electrons. The van der Waals surface area contributed by atoms with E-state index in [-0.39, 0.29) is 18.3 Å². The van der Waals surface area contributed by atoms with Crippen LogP contribution in [0, 0.1) is 11.7 Å². The van der Waals surface area contributed by atoms with E-state index in [1.165, 1.54) is 17.7 Å². The fourth-order valence-electron chi connectivity index (χ4n) is 5.31. The summed E-state index contributed by atoms with van der Waals surface area (Å²) in [6.45, 7) is 1.91. The van der Waals surface area contributed by atoms with Crippen LogP contribution in [-0.2, 0) is 13.0 Å². The third-order valence-electron chi connectivity index (χ3n) is 7.54. The smallest absolute Gasteiger partial charge is 0.323 e. The molecule has 0 spiro atoms. The van der Waals surface area contributed by atoms with E-state index in [2.05, 4.69) is 45.1 Å². The number of benzene rings is 4. The molecule has 1 aliphatic heterocycles. The van der Waals surface area contributed by atoms with Crippen molar-refractivity contribution in [2.75, 3.05) is 35.7 Å². The monoisotopic (exact) mass is 566 g/mol. The number of hydrogen-bond acceptors (Lipinski definition) is 4. The molecule has 1 fully saturated rings. The van der Waals surface area contributed by atoms with Crippen LogP contribution in [0.25, 0.3) is 0 Å². The molecule has 0 aliphatic carbocycles. The molecule has 0 bridgehead atoms. The van der Waals surface area contributed by atoms with Gasteiger partial charge in [0.25, 0.3) is 5.91 Å². The summed E-state index contributed by atoms with van der Waals surface area (Å²) in [7, 11) is 1.54. The van der Waals surface area contributed by atoms with Crippen LogP contribution in [0.5, 0.6) is 5.75 Å². The van der Waals surface area contributed by atoms with Crippen LogP contribution in [0.1, 0.15) is 34.3 Å². The van der Waals surface area contributed by atoms with Crippen LogP contribution < -0.4 is 25.6 Å². The number of nitrogens with one attached hydrogen (secondary N) is 3. The average Bonchev–Trinajstić information content (AvgIpc) is 3.02. The van der Waals surface area contributed by atoms with Gasteiger partial charge in [-0.15, -0.1) is 0 Å². The average molecular weight is 567 g/mol. The van der Waals surface area contributed by atoms with Crippen molar-refractivity contribution in [1.29, 1.82) is 0 Å². The molecule has 0 saturated carbocycles. The van der Waals surface area contributed by atoms with Crippen LogP contribution in [0.4, 0.5) is 26.2 Å². The lowest BCUT2D eigenvalue weighted by Crippen LogP contribution is -2.36. The van der Waals surface area contributed by atoms with Crippen LogP contribution in [0.15, 0.2) is 97.1 Å². The molecule has 1 aliphatic rings. The van der Waals surface area contributed by atoms with Crippen molar-refractivity contribution in [1.82, 2.24) is 5.32 Å². The van der Waals surface area contributed by atoms with E-state index in [1.807, 2.05) is 24.3 Å². The van der Waals surface area contributed by atoms with Crippen LogP contribution in [-0.4, -0.2) is 32.1 Å². The molecule has 0 atom stereocenters. The van der Waals surface area contributed by atoms with Gasteiger partial charge in [-0.1, -0.05) is 54.6 Å². The highest BCUT2D eigenvalue weighted by Crippen LogP contribution is 2.31. The first-order valence-electron chi connectivity index (χ1n) is 14.1. The van der Waals surface area contributed by atoms with Crippen LogP contribution in [0.3, 0.4) is 0 Å². The Bertz CT molecular complexity index is 1500. The number of carbonyl (C=O) groups is 2. The molecular formula is C34H35FN4O3. The molecule has 42 heavy (non-hydrogen) atoms. The number of piperidine rings is 1. The molecule has 7 nitrogen and oxygen atoms in total. The summed E-state index contributed by atoms with van der Waals surface area (Å²) >= 11 is 0. The van der Waals surface area contributed by atoms with E-state index < -0.39 is 6.03 Å². The van der Waals surface area contributed by atoms with Gasteiger partial charge in [0.1, 0.15) is 11.6 Å². The third kappa shape index (κ3) is 7.46. The summed E-state index contributed by atoms with van der Waals surface area (Å²) in [4.78, 5) is 28.6. The molecule has 4 aromatic carbocycles. The summed E-state index contributed by atoms with van der Waals surface area (Å²) < 4.78 is 18.7. The van der Waals surface area contributed by atoms with E-state index in [0.29, 0.717) is 28.6 Å². The largest absolute Gasteiger partial charge is 0.495 e. The van der Waals surface area contributed by atoms with E-state index in [4.69, 9.17) is 4.74 Å². The van der Waals surface area contributed by atoms with Gasteiger partial charge in [-0.25, -0.2) is 9.18 Å². The Hall–Kier alpha value is -4.85. The van der Waals surface area contributed by atoms with Gasteiger partial charge in [0.05, 0.1) is 18.4 Å². The maximum atomic E-state index is 13.5. The Balaban J connectivity index is 1.31. The van der Waals surface area contributed by atoms with Gasteiger partial charge in [-0.3, -0.25) is 4.79 Å². The lowest BCUT2D eigenvalue weighted by molar-refractivity contribution is 0.0951. The number of rotatable bonds is 9. The Labute approximate surface area is 245 Å². The molecule has 5 rings (SSSR count). The number of anilines is 3. The van der Waals surface area contributed by atoms with Crippen molar-refractivity contribution in [3.8, 4) is 5.75 Å². The molecule has 1 saturated heterocycles. The van der Waals surface area contributed by atoms with Gasteiger partial charge in [0.15, 0.2) is 0 Å². The summed E-state index contributed by atoms with van der Waals surface area (Å²) in [5.41, 5.74) is 4.44. The standard InChI is InChI=1S/C34H35FN4O3/c1-42-32-10-6-5-9-30(32)38-34(41)37-28-15-16-31(29(22-28)33(40)36-23-26-11-13-27(35)14-12-26)39-19-17-25(18-20-39)21-24-7-3-2-4-8-24/h2-16,22,25H,17-21,23H2,1H3,(H,36,40)(H2,37,38,41). The molecule has 3 amide bonds. The maximum Gasteiger partial charge on any atom is 0.323 e. The van der Waals surface area contributed by atoms with Gasteiger partial charge in [-0.05, 0) is 78.8 Å². The third-order valence-corrected chi connectivity index (χ3v) is 7.54. The summed E-state index contributed by atoms with van der Waals surface area (Å²) in [5, 5.41) is 8.59. The number of amides is 3. The second-order valence-electron chi connectivity index (χ2n) is 10.4. The van der Waals surface area contributed by atoms with E-state index >= 15 is 0 Å². The first-order chi connectivity index (χ1) is 20.5. The van der Waals surface area contributed by atoms with Crippen molar-refractivity contribution in [2.45, 2.75) is 25.8 Å². The number of para-hydroxylation sites is 2. The molecular weight excluding hydrogens is 531 g/mol. The molecule has 216 valence electrons. The number of halogens is 1. The highest BCUT2D eigenvalue weighted by Gasteiger charge is 2.24. The van der Waals surface area contributed by atoms with Gasteiger partial charge < -0.3 is 25.6 Å². The highest BCUT2D eigenvalue weighted by atomic mass is 19.1. The SMILES string of the molecule is COc1ccccc1NC(=O)Nc1ccc(N2CCC(Cc3ccccc3)CC2)c(C(=O)NCc2ccc(F)cc2)c1. The maximum absolute atomic E-state index is 13.5. The van der Waals surface area contributed by atoms with Crippen LogP contribution >= 0.6 is 0 Å². The van der Waals surface area contributed by atoms with Crippen molar-refractivity contribution < 1.29 is 18.7 Å². The quantitative estimate of drug-likeness (QED) is 0.207. The number of nitrogens with zero attached hydrogens (tertiary/aromatic N) is 1. The molecule has 4 aromatic rings. The number of methoxy groups -OCH3 is 1. The normalized spacial score (nSPS) is 13.3. The summed E-state index contributed by atoms with van der Waals surface area (Å²) in [6, 6.07) is 28.7. The van der Waals surface area contributed by atoms with Crippen molar-refractivity contribution in [3.63, 3.8) is 0 Å². The van der Waals surface area contributed by atoms with Gasteiger partial charge in [-0.2, -0.15) is 0 Å². The van der Waals surface area contributed by atoms with E-state index in [0.717, 1.165) is 43.6 Å². The van der Waals surface area contributed by atoms with Crippen LogP contribution in [0.2, 0.25) is 0 Å². The Morgan fingerprint density at radius 2 is 1.57 bits per heavy atom. The summed E-state index contributed by atoms with van der Waals surface area (Å²) in [6.07, 6.45) is 3.09. The molecule has 1 heterocycles. The lowest BCUT2D eigenvalue weighted by Gasteiger charge is -2.35. The summed E-state index contributed by atoms with van der Waals surface area (Å²) in [5.74, 6) is 0.529. The van der Waals surface area contributed by atoms with Gasteiger partial charge in [0, 0.05) is 31.0 Å². The zero-order valence-corrected chi connectivity index (χ0v) is 23.6. The van der Waals surface area contributed by atoms with E-state index in [1.54, 1.807) is 43.5 Å². The number of urea groups is 1. The molecule has 3 N–H and O–H groups in total. The first kappa shape index (κ1) is 28.7. The minimum Gasteiger partial charge on any atom is -0.495 e. The molecule has 0 unspecified atom stereocenters. The zero-order chi connectivity index (χ0) is 29.3. The molecule has 0 aromatic heterocycles. The van der Waals surface area contributed by atoms with Crippen molar-refractivity contribution in [2.24, 2.45) is 5.92 Å². The fourth-order valence-corrected chi connectivity index (χ4v) is 5.31. The second-order valence-corrected chi connectivity index (χ2v) is 10.4. The fraction of sp³-hybridized carbons (Fsp3) is 0.235. The Kier molecular flexibility index (Phi) is 9.33. The lowest BCUT2D eigenvalue weighted by atomic mass is 9.89. The predicted molar refractivity (Wildman–Crippen MR) is 165 cm³/mol. The topological polar surface area (TPSA) is 82.7 Å². The van der Waals surface area contributed by atoms with E-state index in [9.17, 15) is 14.0 Å².